The van der Waals surface area contributed by atoms with Crippen molar-refractivity contribution in [2.45, 2.75) is 45.4 Å². The Balaban J connectivity index is 2.00. The standard InChI is InChI=1S/C17H23N3/c1-11-7-9-13(10-8-11)16-15(17(18)20-19-16)14-6-4-3-5-12(14)2/h3-6,11,13H,7-10H2,1-2H3,(H3,18,19,20). The van der Waals surface area contributed by atoms with Gasteiger partial charge in [-0.3, -0.25) is 5.10 Å². The number of hydrogen-bond acceptors (Lipinski definition) is 2. The van der Waals surface area contributed by atoms with Gasteiger partial charge in [0.25, 0.3) is 0 Å². The van der Waals surface area contributed by atoms with E-state index in [0.29, 0.717) is 11.7 Å². The molecule has 0 saturated heterocycles. The number of aromatic amines is 1. The van der Waals surface area contributed by atoms with Crippen LogP contribution in [0.1, 0.15) is 49.8 Å². The van der Waals surface area contributed by atoms with Gasteiger partial charge in [0, 0.05) is 17.2 Å². The normalized spacial score (nSPS) is 22.9. The van der Waals surface area contributed by atoms with Gasteiger partial charge in [-0.1, -0.05) is 44.0 Å². The lowest BCUT2D eigenvalue weighted by Gasteiger charge is -2.26. The van der Waals surface area contributed by atoms with Gasteiger partial charge >= 0.3 is 0 Å². The molecule has 0 atom stereocenters. The first kappa shape index (κ1) is 13.2. The number of hydrogen-bond donors (Lipinski definition) is 2. The number of aryl methyl sites for hydroxylation is 1. The first-order valence-corrected chi connectivity index (χ1v) is 7.56. The van der Waals surface area contributed by atoms with Crippen LogP contribution in [0.15, 0.2) is 24.3 Å². The van der Waals surface area contributed by atoms with Crippen molar-refractivity contribution in [3.63, 3.8) is 0 Å². The van der Waals surface area contributed by atoms with Crippen LogP contribution in [0.3, 0.4) is 0 Å². The summed E-state index contributed by atoms with van der Waals surface area (Å²) in [6, 6.07) is 8.42. The molecule has 106 valence electrons. The van der Waals surface area contributed by atoms with E-state index in [2.05, 4.69) is 48.3 Å². The Hall–Kier alpha value is -1.77. The largest absolute Gasteiger partial charge is 0.382 e. The van der Waals surface area contributed by atoms with Crippen LogP contribution < -0.4 is 5.73 Å². The van der Waals surface area contributed by atoms with Gasteiger partial charge in [0.2, 0.25) is 0 Å². The lowest BCUT2D eigenvalue weighted by atomic mass is 9.79. The molecule has 20 heavy (non-hydrogen) atoms. The fraction of sp³-hybridized carbons (Fsp3) is 0.471. The summed E-state index contributed by atoms with van der Waals surface area (Å²) >= 11 is 0. The maximum Gasteiger partial charge on any atom is 0.153 e. The zero-order chi connectivity index (χ0) is 14.1. The zero-order valence-electron chi connectivity index (χ0n) is 12.3. The van der Waals surface area contributed by atoms with E-state index in [-0.39, 0.29) is 0 Å². The van der Waals surface area contributed by atoms with Crippen LogP contribution in [0.2, 0.25) is 0 Å². The summed E-state index contributed by atoms with van der Waals surface area (Å²) in [5.41, 5.74) is 11.0. The molecule has 0 amide bonds. The summed E-state index contributed by atoms with van der Waals surface area (Å²) in [5, 5.41) is 7.49. The topological polar surface area (TPSA) is 54.7 Å². The minimum absolute atomic E-state index is 0.575. The summed E-state index contributed by atoms with van der Waals surface area (Å²) in [6.45, 7) is 4.48. The molecule has 1 fully saturated rings. The fourth-order valence-corrected chi connectivity index (χ4v) is 3.35. The van der Waals surface area contributed by atoms with Crippen molar-refractivity contribution >= 4 is 5.82 Å². The van der Waals surface area contributed by atoms with Crippen molar-refractivity contribution in [2.24, 2.45) is 5.92 Å². The molecule has 2 aromatic rings. The third kappa shape index (κ3) is 2.33. The Morgan fingerprint density at radius 1 is 1.15 bits per heavy atom. The molecule has 1 aromatic heterocycles. The summed E-state index contributed by atoms with van der Waals surface area (Å²) in [4.78, 5) is 0. The van der Waals surface area contributed by atoms with Crippen molar-refractivity contribution in [3.05, 3.63) is 35.5 Å². The second kappa shape index (κ2) is 5.31. The molecule has 0 aliphatic heterocycles. The van der Waals surface area contributed by atoms with Gasteiger partial charge in [-0.25, -0.2) is 0 Å². The number of nitrogens with two attached hydrogens (primary N) is 1. The summed E-state index contributed by atoms with van der Waals surface area (Å²) in [6.07, 6.45) is 5.08. The van der Waals surface area contributed by atoms with Crippen LogP contribution in [0.4, 0.5) is 5.82 Å². The Morgan fingerprint density at radius 2 is 1.85 bits per heavy atom. The zero-order valence-corrected chi connectivity index (χ0v) is 12.3. The maximum atomic E-state index is 6.13. The molecule has 3 rings (SSSR count). The van der Waals surface area contributed by atoms with Gasteiger partial charge in [-0.05, 0) is 36.8 Å². The number of aromatic nitrogens is 2. The highest BCUT2D eigenvalue weighted by Gasteiger charge is 2.25. The predicted octanol–water partition coefficient (Wildman–Crippen LogP) is 4.26. The molecule has 1 saturated carbocycles. The van der Waals surface area contributed by atoms with Crippen LogP contribution in [-0.2, 0) is 0 Å². The molecule has 0 bridgehead atoms. The molecule has 1 aliphatic rings. The third-order valence-electron chi connectivity index (χ3n) is 4.66. The quantitative estimate of drug-likeness (QED) is 0.855. The number of nitrogen functional groups attached to an aromatic ring is 1. The Kier molecular flexibility index (Phi) is 3.51. The minimum atomic E-state index is 0.575. The monoisotopic (exact) mass is 269 g/mol. The number of nitrogens with one attached hydrogen (secondary N) is 1. The molecule has 3 nitrogen and oxygen atoms in total. The smallest absolute Gasteiger partial charge is 0.153 e. The first-order chi connectivity index (χ1) is 9.66. The molecule has 0 radical (unpaired) electrons. The fourth-order valence-electron chi connectivity index (χ4n) is 3.35. The van der Waals surface area contributed by atoms with Crippen LogP contribution >= 0.6 is 0 Å². The third-order valence-corrected chi connectivity index (χ3v) is 4.66. The van der Waals surface area contributed by atoms with Crippen molar-refractivity contribution < 1.29 is 0 Å². The van der Waals surface area contributed by atoms with Crippen LogP contribution in [0.25, 0.3) is 11.1 Å². The molecular formula is C17H23N3. The molecular weight excluding hydrogens is 246 g/mol. The van der Waals surface area contributed by atoms with E-state index in [1.54, 1.807) is 0 Å². The van der Waals surface area contributed by atoms with Gasteiger partial charge in [-0.2, -0.15) is 5.10 Å². The number of H-pyrrole nitrogens is 1. The van der Waals surface area contributed by atoms with Crippen LogP contribution in [0, 0.1) is 12.8 Å². The molecule has 0 unspecified atom stereocenters. The second-order valence-corrected chi connectivity index (χ2v) is 6.17. The predicted molar refractivity (Wildman–Crippen MR) is 83.5 cm³/mol. The van der Waals surface area contributed by atoms with Gasteiger partial charge in [0.1, 0.15) is 0 Å². The van der Waals surface area contributed by atoms with Crippen molar-refractivity contribution in [1.82, 2.24) is 10.2 Å². The number of rotatable bonds is 2. The van der Waals surface area contributed by atoms with E-state index in [1.807, 2.05) is 0 Å². The van der Waals surface area contributed by atoms with E-state index in [0.717, 1.165) is 11.5 Å². The van der Waals surface area contributed by atoms with Crippen LogP contribution in [-0.4, -0.2) is 10.2 Å². The van der Waals surface area contributed by atoms with Crippen molar-refractivity contribution in [1.29, 1.82) is 0 Å². The maximum absolute atomic E-state index is 6.13. The molecule has 1 heterocycles. The average molecular weight is 269 g/mol. The molecule has 1 aromatic carbocycles. The van der Waals surface area contributed by atoms with E-state index >= 15 is 0 Å². The van der Waals surface area contributed by atoms with Gasteiger partial charge in [0.05, 0.1) is 0 Å². The van der Waals surface area contributed by atoms with Gasteiger partial charge in [0.15, 0.2) is 5.82 Å². The van der Waals surface area contributed by atoms with Crippen molar-refractivity contribution in [2.75, 3.05) is 5.73 Å². The molecule has 3 heteroatoms. The highest BCUT2D eigenvalue weighted by atomic mass is 15.2. The minimum Gasteiger partial charge on any atom is -0.382 e. The van der Waals surface area contributed by atoms with E-state index in [4.69, 9.17) is 5.73 Å². The lowest BCUT2D eigenvalue weighted by Crippen LogP contribution is -2.12. The van der Waals surface area contributed by atoms with E-state index in [1.165, 1.54) is 42.5 Å². The Labute approximate surface area is 120 Å². The number of anilines is 1. The highest BCUT2D eigenvalue weighted by Crippen LogP contribution is 2.41. The van der Waals surface area contributed by atoms with Gasteiger partial charge < -0.3 is 5.73 Å². The second-order valence-electron chi connectivity index (χ2n) is 6.17. The molecule has 0 spiro atoms. The number of benzene rings is 1. The van der Waals surface area contributed by atoms with Gasteiger partial charge in [-0.15, -0.1) is 0 Å². The SMILES string of the molecule is Cc1ccccc1-c1c(N)n[nH]c1C1CCC(C)CC1. The first-order valence-electron chi connectivity index (χ1n) is 7.56. The van der Waals surface area contributed by atoms with E-state index in [9.17, 15) is 0 Å². The number of nitrogens with zero attached hydrogens (tertiary/aromatic N) is 1. The average Bonchev–Trinajstić information content (AvgIpc) is 2.82. The molecule has 1 aliphatic carbocycles. The summed E-state index contributed by atoms with van der Waals surface area (Å²) < 4.78 is 0. The molecule has 3 N–H and O–H groups in total. The lowest BCUT2D eigenvalue weighted by molar-refractivity contribution is 0.344. The van der Waals surface area contributed by atoms with Crippen molar-refractivity contribution in [3.8, 4) is 11.1 Å². The van der Waals surface area contributed by atoms with Crippen LogP contribution in [0.5, 0.6) is 0 Å². The highest BCUT2D eigenvalue weighted by molar-refractivity contribution is 5.78. The summed E-state index contributed by atoms with van der Waals surface area (Å²) in [7, 11) is 0. The summed E-state index contributed by atoms with van der Waals surface area (Å²) in [5.74, 6) is 2.06. The Morgan fingerprint density at radius 3 is 2.55 bits per heavy atom. The van der Waals surface area contributed by atoms with E-state index < -0.39 is 0 Å². The Bertz CT molecular complexity index is 592.